The van der Waals surface area contributed by atoms with E-state index in [-0.39, 0.29) is 0 Å². The molecule has 2 rings (SSSR count). The number of likely N-dealkylation sites (N-methyl/N-ethyl adjacent to an activating group) is 2. The van der Waals surface area contributed by atoms with Crippen LogP contribution in [0.3, 0.4) is 0 Å². The number of benzene rings is 1. The number of hydrogen-bond acceptors (Lipinski definition) is 3. The molecular formula is C13H19ClN2S. The van der Waals surface area contributed by atoms with Crippen molar-refractivity contribution in [2.45, 2.75) is 12.1 Å². The molecule has 1 aliphatic rings. The standard InChI is InChI=1S/C13H19ClN2S/c1-15-13(10-3-5-11(14)6-4-10)12-9-17-8-7-16(12)2/h3-6,12-13,15H,7-9H2,1-2H3. The molecule has 2 atom stereocenters. The average molecular weight is 271 g/mol. The zero-order valence-electron chi connectivity index (χ0n) is 10.3. The summed E-state index contributed by atoms with van der Waals surface area (Å²) in [7, 11) is 4.25. The van der Waals surface area contributed by atoms with Gasteiger partial charge in [0.25, 0.3) is 0 Å². The van der Waals surface area contributed by atoms with Gasteiger partial charge in [0.2, 0.25) is 0 Å². The summed E-state index contributed by atoms with van der Waals surface area (Å²) in [6.45, 7) is 1.17. The van der Waals surface area contributed by atoms with Crippen LogP contribution in [0.5, 0.6) is 0 Å². The number of halogens is 1. The first kappa shape index (κ1) is 13.2. The summed E-state index contributed by atoms with van der Waals surface area (Å²) >= 11 is 7.98. The second kappa shape index (κ2) is 6.10. The van der Waals surface area contributed by atoms with E-state index < -0.39 is 0 Å². The Morgan fingerprint density at radius 1 is 1.41 bits per heavy atom. The van der Waals surface area contributed by atoms with Crippen LogP contribution in [0.2, 0.25) is 5.02 Å². The largest absolute Gasteiger partial charge is 0.312 e. The first-order valence-corrected chi connectivity index (χ1v) is 7.46. The van der Waals surface area contributed by atoms with Crippen molar-refractivity contribution in [2.24, 2.45) is 0 Å². The molecule has 1 heterocycles. The second-order valence-electron chi connectivity index (χ2n) is 4.44. The van der Waals surface area contributed by atoms with E-state index in [4.69, 9.17) is 11.6 Å². The number of nitrogens with one attached hydrogen (secondary N) is 1. The lowest BCUT2D eigenvalue weighted by atomic mass is 9.99. The quantitative estimate of drug-likeness (QED) is 0.909. The molecule has 17 heavy (non-hydrogen) atoms. The maximum absolute atomic E-state index is 5.94. The Balaban J connectivity index is 2.17. The first-order chi connectivity index (χ1) is 8.22. The van der Waals surface area contributed by atoms with Crippen molar-refractivity contribution in [1.82, 2.24) is 10.2 Å². The molecule has 1 aliphatic heterocycles. The molecule has 1 saturated heterocycles. The Labute approximate surface area is 113 Å². The molecule has 4 heteroatoms. The molecule has 0 amide bonds. The maximum Gasteiger partial charge on any atom is 0.0483 e. The predicted molar refractivity (Wildman–Crippen MR) is 77.0 cm³/mol. The Bertz CT molecular complexity index is 355. The molecule has 94 valence electrons. The van der Waals surface area contributed by atoms with Gasteiger partial charge in [-0.2, -0.15) is 11.8 Å². The first-order valence-electron chi connectivity index (χ1n) is 5.93. The molecular weight excluding hydrogens is 252 g/mol. The summed E-state index contributed by atoms with van der Waals surface area (Å²) in [5.41, 5.74) is 1.32. The second-order valence-corrected chi connectivity index (χ2v) is 6.03. The minimum atomic E-state index is 0.380. The fourth-order valence-electron chi connectivity index (χ4n) is 2.31. The molecule has 1 aromatic rings. The van der Waals surface area contributed by atoms with Crippen molar-refractivity contribution in [1.29, 1.82) is 0 Å². The highest BCUT2D eigenvalue weighted by Gasteiger charge is 2.27. The third kappa shape index (κ3) is 3.16. The topological polar surface area (TPSA) is 15.3 Å². The lowest BCUT2D eigenvalue weighted by Crippen LogP contribution is -2.47. The summed E-state index contributed by atoms with van der Waals surface area (Å²) in [6.07, 6.45) is 0. The summed E-state index contributed by atoms with van der Waals surface area (Å²) in [5.74, 6) is 2.43. The van der Waals surface area contributed by atoms with Crippen LogP contribution < -0.4 is 5.32 Å². The van der Waals surface area contributed by atoms with Gasteiger partial charge in [-0.05, 0) is 31.8 Å². The molecule has 0 bridgehead atoms. The smallest absolute Gasteiger partial charge is 0.0483 e. The highest BCUT2D eigenvalue weighted by molar-refractivity contribution is 7.99. The number of nitrogens with zero attached hydrogens (tertiary/aromatic N) is 1. The van der Waals surface area contributed by atoms with Gasteiger partial charge in [0.1, 0.15) is 0 Å². The molecule has 1 fully saturated rings. The summed E-state index contributed by atoms with van der Waals surface area (Å²) < 4.78 is 0. The van der Waals surface area contributed by atoms with Crippen molar-refractivity contribution in [3.05, 3.63) is 34.9 Å². The fourth-order valence-corrected chi connectivity index (χ4v) is 3.71. The molecule has 2 nitrogen and oxygen atoms in total. The molecule has 0 radical (unpaired) electrons. The molecule has 0 aromatic heterocycles. The zero-order chi connectivity index (χ0) is 12.3. The lowest BCUT2D eigenvalue weighted by molar-refractivity contribution is 0.221. The van der Waals surface area contributed by atoms with Gasteiger partial charge in [0.05, 0.1) is 0 Å². The maximum atomic E-state index is 5.94. The summed E-state index contributed by atoms with van der Waals surface area (Å²) in [5, 5.41) is 4.24. The number of rotatable bonds is 3. The van der Waals surface area contributed by atoms with Gasteiger partial charge in [-0.1, -0.05) is 23.7 Å². The van der Waals surface area contributed by atoms with E-state index in [1.54, 1.807) is 0 Å². The number of thioether (sulfide) groups is 1. The van der Waals surface area contributed by atoms with Crippen LogP contribution in [-0.2, 0) is 0 Å². The highest BCUT2D eigenvalue weighted by atomic mass is 35.5. The monoisotopic (exact) mass is 270 g/mol. The van der Waals surface area contributed by atoms with Gasteiger partial charge in [-0.3, -0.25) is 4.90 Å². The van der Waals surface area contributed by atoms with Gasteiger partial charge in [-0.25, -0.2) is 0 Å². The third-order valence-electron chi connectivity index (χ3n) is 3.37. The van der Waals surface area contributed by atoms with E-state index in [0.717, 1.165) is 5.02 Å². The molecule has 2 unspecified atom stereocenters. The van der Waals surface area contributed by atoms with Crippen LogP contribution in [0.1, 0.15) is 11.6 Å². The highest BCUT2D eigenvalue weighted by Crippen LogP contribution is 2.27. The fraction of sp³-hybridized carbons (Fsp3) is 0.538. The SMILES string of the molecule is CNC(c1ccc(Cl)cc1)C1CSCCN1C. The van der Waals surface area contributed by atoms with Crippen molar-refractivity contribution in [3.8, 4) is 0 Å². The summed E-state index contributed by atoms with van der Waals surface area (Å²) in [4.78, 5) is 2.45. The van der Waals surface area contributed by atoms with Crippen LogP contribution in [-0.4, -0.2) is 43.1 Å². The van der Waals surface area contributed by atoms with Gasteiger partial charge < -0.3 is 5.32 Å². The van der Waals surface area contributed by atoms with E-state index >= 15 is 0 Å². The Hall–Kier alpha value is -0.220. The molecule has 0 spiro atoms. The van der Waals surface area contributed by atoms with Crippen LogP contribution in [0.25, 0.3) is 0 Å². The van der Waals surface area contributed by atoms with E-state index in [1.807, 2.05) is 30.9 Å². The normalized spacial score (nSPS) is 23.6. The van der Waals surface area contributed by atoms with Crippen LogP contribution >= 0.6 is 23.4 Å². The predicted octanol–water partition coefficient (Wildman–Crippen LogP) is 2.65. The average Bonchev–Trinajstić information content (AvgIpc) is 2.35. The van der Waals surface area contributed by atoms with Gasteiger partial charge in [0.15, 0.2) is 0 Å². The van der Waals surface area contributed by atoms with Crippen molar-refractivity contribution in [3.63, 3.8) is 0 Å². The van der Waals surface area contributed by atoms with Gasteiger partial charge in [0, 0.05) is 35.2 Å². The Kier molecular flexibility index (Phi) is 4.74. The Morgan fingerprint density at radius 3 is 2.71 bits per heavy atom. The molecule has 1 N–H and O–H groups in total. The van der Waals surface area contributed by atoms with Crippen LogP contribution in [0.15, 0.2) is 24.3 Å². The summed E-state index contributed by atoms with van der Waals surface area (Å²) in [6, 6.07) is 9.12. The minimum absolute atomic E-state index is 0.380. The molecule has 0 saturated carbocycles. The van der Waals surface area contributed by atoms with Crippen molar-refractivity contribution < 1.29 is 0 Å². The van der Waals surface area contributed by atoms with E-state index in [9.17, 15) is 0 Å². The van der Waals surface area contributed by atoms with E-state index in [1.165, 1.54) is 23.6 Å². The molecule has 0 aliphatic carbocycles. The third-order valence-corrected chi connectivity index (χ3v) is 4.67. The van der Waals surface area contributed by atoms with Gasteiger partial charge >= 0.3 is 0 Å². The lowest BCUT2D eigenvalue weighted by Gasteiger charge is -2.37. The van der Waals surface area contributed by atoms with Crippen molar-refractivity contribution in [2.75, 3.05) is 32.1 Å². The van der Waals surface area contributed by atoms with E-state index in [2.05, 4.69) is 29.4 Å². The van der Waals surface area contributed by atoms with Crippen LogP contribution in [0, 0.1) is 0 Å². The Morgan fingerprint density at radius 2 is 2.12 bits per heavy atom. The minimum Gasteiger partial charge on any atom is -0.312 e. The van der Waals surface area contributed by atoms with Crippen molar-refractivity contribution >= 4 is 23.4 Å². The zero-order valence-corrected chi connectivity index (χ0v) is 11.9. The van der Waals surface area contributed by atoms with Crippen LogP contribution in [0.4, 0.5) is 0 Å². The number of hydrogen-bond donors (Lipinski definition) is 1. The van der Waals surface area contributed by atoms with E-state index in [0.29, 0.717) is 12.1 Å². The van der Waals surface area contributed by atoms with Gasteiger partial charge in [-0.15, -0.1) is 0 Å². The molecule has 1 aromatic carbocycles.